The Balaban J connectivity index is 2.51. The zero-order valence-electron chi connectivity index (χ0n) is 13.4. The molecule has 0 aromatic heterocycles. The highest BCUT2D eigenvalue weighted by molar-refractivity contribution is 7.80. The first-order chi connectivity index (χ1) is 10.7. The lowest BCUT2D eigenvalue weighted by atomic mass is 10.1. The Morgan fingerprint density at radius 2 is 1.78 bits per heavy atom. The average molecular weight is 339 g/mol. The van der Waals surface area contributed by atoms with Crippen LogP contribution >= 0.6 is 12.6 Å². The summed E-state index contributed by atoms with van der Waals surface area (Å²) in [4.78, 5) is 35.4. The molecule has 1 aromatic rings. The summed E-state index contributed by atoms with van der Waals surface area (Å²) in [6.07, 6.45) is -0.747. The minimum atomic E-state index is -0.989. The van der Waals surface area contributed by atoms with Crippen molar-refractivity contribution in [3.63, 3.8) is 0 Å². The van der Waals surface area contributed by atoms with E-state index < -0.39 is 30.3 Å². The molecule has 126 valence electrons. The van der Waals surface area contributed by atoms with E-state index in [1.807, 2.05) is 0 Å². The van der Waals surface area contributed by atoms with E-state index in [4.69, 9.17) is 9.47 Å². The summed E-state index contributed by atoms with van der Waals surface area (Å²) in [5.74, 6) is -1.04. The van der Waals surface area contributed by atoms with Crippen LogP contribution in [0.25, 0.3) is 0 Å². The zero-order chi connectivity index (χ0) is 17.5. The Kier molecular flexibility index (Phi) is 7.09. The molecule has 7 heteroatoms. The summed E-state index contributed by atoms with van der Waals surface area (Å²) >= 11 is 4.00. The lowest BCUT2D eigenvalue weighted by Gasteiger charge is -2.22. The monoisotopic (exact) mass is 339 g/mol. The second-order valence-corrected chi connectivity index (χ2v) is 6.14. The molecule has 0 fully saturated rings. The van der Waals surface area contributed by atoms with Gasteiger partial charge in [0, 0.05) is 11.3 Å². The van der Waals surface area contributed by atoms with E-state index >= 15 is 0 Å². The Morgan fingerprint density at radius 1 is 1.17 bits per heavy atom. The molecular weight excluding hydrogens is 318 g/mol. The molecular formula is C16H21NO5S. The Morgan fingerprint density at radius 3 is 2.30 bits per heavy atom. The van der Waals surface area contributed by atoms with Crippen LogP contribution in [0.5, 0.6) is 0 Å². The smallest absolute Gasteiger partial charge is 0.408 e. The standard InChI is InChI=1S/C16H21NO5S/c1-16(2,3)22-15(20)17-12(10-23)14(19)21-9-13(18)11-7-5-4-6-8-11/h4-8,12,23H,9-10H2,1-3H3,(H,17,20). The van der Waals surface area contributed by atoms with Gasteiger partial charge >= 0.3 is 12.1 Å². The fraction of sp³-hybridized carbons (Fsp3) is 0.438. The SMILES string of the molecule is CC(C)(C)OC(=O)NC(CS)C(=O)OCC(=O)c1ccccc1. The number of thiol groups is 1. The van der Waals surface area contributed by atoms with Gasteiger partial charge in [0.25, 0.3) is 0 Å². The maximum absolute atomic E-state index is 11.9. The van der Waals surface area contributed by atoms with Gasteiger partial charge in [-0.15, -0.1) is 0 Å². The van der Waals surface area contributed by atoms with Gasteiger partial charge < -0.3 is 14.8 Å². The fourth-order valence-electron chi connectivity index (χ4n) is 1.57. The highest BCUT2D eigenvalue weighted by atomic mass is 32.1. The first kappa shape index (κ1) is 19.0. The topological polar surface area (TPSA) is 81.7 Å². The van der Waals surface area contributed by atoms with E-state index in [-0.39, 0.29) is 11.5 Å². The molecule has 0 aliphatic rings. The third kappa shape index (κ3) is 7.19. The summed E-state index contributed by atoms with van der Waals surface area (Å²) in [5.41, 5.74) is -0.235. The molecule has 1 N–H and O–H groups in total. The third-order valence-corrected chi connectivity index (χ3v) is 2.96. The summed E-state index contributed by atoms with van der Waals surface area (Å²) in [6.45, 7) is 4.72. The number of ether oxygens (including phenoxy) is 2. The molecule has 0 saturated heterocycles. The van der Waals surface area contributed by atoms with Crippen LogP contribution in [0.3, 0.4) is 0 Å². The number of ketones is 1. The first-order valence-corrected chi connectivity index (χ1v) is 7.71. The Hall–Kier alpha value is -2.02. The number of alkyl carbamates (subject to hydrolysis) is 1. The number of hydrogen-bond donors (Lipinski definition) is 2. The van der Waals surface area contributed by atoms with Gasteiger partial charge in [-0.3, -0.25) is 4.79 Å². The molecule has 23 heavy (non-hydrogen) atoms. The molecule has 1 amide bonds. The second kappa shape index (κ2) is 8.57. The largest absolute Gasteiger partial charge is 0.456 e. The molecule has 0 heterocycles. The second-order valence-electron chi connectivity index (χ2n) is 5.78. The molecule has 1 unspecified atom stereocenters. The summed E-state index contributed by atoms with van der Waals surface area (Å²) < 4.78 is 9.99. The van der Waals surface area contributed by atoms with Crippen molar-refractivity contribution in [2.24, 2.45) is 0 Å². The van der Waals surface area contributed by atoms with Crippen molar-refractivity contribution in [1.29, 1.82) is 0 Å². The van der Waals surface area contributed by atoms with Gasteiger partial charge in [-0.1, -0.05) is 30.3 Å². The normalized spacial score (nSPS) is 12.2. The summed E-state index contributed by atoms with van der Waals surface area (Å²) in [7, 11) is 0. The molecule has 0 saturated carbocycles. The Bertz CT molecular complexity index is 553. The van der Waals surface area contributed by atoms with E-state index in [1.165, 1.54) is 0 Å². The van der Waals surface area contributed by atoms with Crippen LogP contribution in [0.4, 0.5) is 4.79 Å². The van der Waals surface area contributed by atoms with Crippen molar-refractivity contribution in [2.75, 3.05) is 12.4 Å². The molecule has 1 aromatic carbocycles. The van der Waals surface area contributed by atoms with Crippen molar-refractivity contribution in [3.8, 4) is 0 Å². The molecule has 0 radical (unpaired) electrons. The van der Waals surface area contributed by atoms with Crippen molar-refractivity contribution in [3.05, 3.63) is 35.9 Å². The molecule has 0 aliphatic carbocycles. The fourth-order valence-corrected chi connectivity index (χ4v) is 1.81. The number of esters is 1. The molecule has 0 bridgehead atoms. The van der Waals surface area contributed by atoms with Gasteiger partial charge in [-0.05, 0) is 20.8 Å². The Labute approximate surface area is 140 Å². The zero-order valence-corrected chi connectivity index (χ0v) is 14.3. The maximum Gasteiger partial charge on any atom is 0.408 e. The first-order valence-electron chi connectivity index (χ1n) is 7.08. The van der Waals surface area contributed by atoms with Crippen molar-refractivity contribution < 1.29 is 23.9 Å². The van der Waals surface area contributed by atoms with Gasteiger partial charge in [-0.25, -0.2) is 9.59 Å². The van der Waals surface area contributed by atoms with Crippen LogP contribution in [-0.4, -0.2) is 41.8 Å². The van der Waals surface area contributed by atoms with Crippen molar-refractivity contribution in [2.45, 2.75) is 32.4 Å². The van der Waals surface area contributed by atoms with Crippen LogP contribution in [-0.2, 0) is 14.3 Å². The van der Waals surface area contributed by atoms with Crippen LogP contribution < -0.4 is 5.32 Å². The molecule has 1 atom stereocenters. The van der Waals surface area contributed by atoms with Crippen LogP contribution in [0.2, 0.25) is 0 Å². The van der Waals surface area contributed by atoms with Gasteiger partial charge in [0.15, 0.2) is 12.4 Å². The summed E-state index contributed by atoms with van der Waals surface area (Å²) in [5, 5.41) is 2.36. The number of carbonyl (C=O) groups excluding carboxylic acids is 3. The van der Waals surface area contributed by atoms with E-state index in [0.29, 0.717) is 5.56 Å². The summed E-state index contributed by atoms with van der Waals surface area (Å²) in [6, 6.07) is 7.49. The number of rotatable bonds is 6. The number of Topliss-reactive ketones (excluding diaryl/α,β-unsaturated/α-hetero) is 1. The quantitative estimate of drug-likeness (QED) is 0.472. The third-order valence-electron chi connectivity index (χ3n) is 2.60. The highest BCUT2D eigenvalue weighted by Gasteiger charge is 2.25. The molecule has 6 nitrogen and oxygen atoms in total. The van der Waals surface area contributed by atoms with Crippen LogP contribution in [0, 0.1) is 0 Å². The lowest BCUT2D eigenvalue weighted by molar-refractivity contribution is -0.144. The van der Waals surface area contributed by atoms with Crippen molar-refractivity contribution >= 4 is 30.5 Å². The highest BCUT2D eigenvalue weighted by Crippen LogP contribution is 2.07. The number of benzene rings is 1. The number of carbonyl (C=O) groups is 3. The van der Waals surface area contributed by atoms with Gasteiger partial charge in [0.2, 0.25) is 0 Å². The van der Waals surface area contributed by atoms with Crippen LogP contribution in [0.1, 0.15) is 31.1 Å². The van der Waals surface area contributed by atoms with Crippen LogP contribution in [0.15, 0.2) is 30.3 Å². The van der Waals surface area contributed by atoms with E-state index in [9.17, 15) is 14.4 Å². The number of nitrogens with one attached hydrogen (secondary N) is 1. The molecule has 1 rings (SSSR count). The average Bonchev–Trinajstić information content (AvgIpc) is 2.49. The predicted molar refractivity (Wildman–Crippen MR) is 88.7 cm³/mol. The van der Waals surface area contributed by atoms with Crippen molar-refractivity contribution in [1.82, 2.24) is 5.32 Å². The van der Waals surface area contributed by atoms with E-state index in [2.05, 4.69) is 17.9 Å². The number of hydrogen-bond acceptors (Lipinski definition) is 6. The van der Waals surface area contributed by atoms with E-state index in [0.717, 1.165) is 0 Å². The number of amides is 1. The van der Waals surface area contributed by atoms with Gasteiger partial charge in [0.05, 0.1) is 0 Å². The van der Waals surface area contributed by atoms with E-state index in [1.54, 1.807) is 51.1 Å². The molecule has 0 aliphatic heterocycles. The van der Waals surface area contributed by atoms with Gasteiger partial charge in [-0.2, -0.15) is 12.6 Å². The molecule has 0 spiro atoms. The minimum absolute atomic E-state index is 0.0254. The maximum atomic E-state index is 11.9. The lowest BCUT2D eigenvalue weighted by Crippen LogP contribution is -2.45. The predicted octanol–water partition coefficient (Wildman–Crippen LogP) is 2.24. The van der Waals surface area contributed by atoms with Gasteiger partial charge in [0.1, 0.15) is 11.6 Å². The minimum Gasteiger partial charge on any atom is -0.456 e.